The molecule has 0 atom stereocenters. The second-order valence-electron chi connectivity index (χ2n) is 5.22. The fourth-order valence-electron chi connectivity index (χ4n) is 2.15. The highest BCUT2D eigenvalue weighted by Gasteiger charge is 2.06. The van der Waals surface area contributed by atoms with Gasteiger partial charge in [-0.25, -0.2) is 4.98 Å². The second-order valence-corrected chi connectivity index (χ2v) is 5.66. The number of ether oxygens (including phenoxy) is 1. The molecule has 0 fully saturated rings. The third kappa shape index (κ3) is 4.29. The minimum atomic E-state index is 0.405. The van der Waals surface area contributed by atoms with Gasteiger partial charge in [-0.2, -0.15) is 0 Å². The Labute approximate surface area is 130 Å². The van der Waals surface area contributed by atoms with Gasteiger partial charge in [0.05, 0.1) is 6.61 Å². The van der Waals surface area contributed by atoms with Crippen molar-refractivity contribution in [3.8, 4) is 5.75 Å². The lowest BCUT2D eigenvalue weighted by atomic mass is 10.2. The summed E-state index contributed by atoms with van der Waals surface area (Å²) in [5.74, 6) is 2.40. The van der Waals surface area contributed by atoms with E-state index in [0.29, 0.717) is 17.5 Å². The first kappa shape index (κ1) is 15.5. The number of aryl methyl sites for hydroxylation is 1. The lowest BCUT2D eigenvalue weighted by Crippen LogP contribution is -2.09. The van der Waals surface area contributed by atoms with Gasteiger partial charge in [0.25, 0.3) is 0 Å². The highest BCUT2D eigenvalue weighted by Crippen LogP contribution is 2.14. The van der Waals surface area contributed by atoms with Crippen LogP contribution in [0.1, 0.15) is 37.6 Å². The van der Waals surface area contributed by atoms with Gasteiger partial charge >= 0.3 is 0 Å². The molecule has 4 nitrogen and oxygen atoms in total. The topological polar surface area (TPSA) is 53.1 Å². The quantitative estimate of drug-likeness (QED) is 0.631. The van der Waals surface area contributed by atoms with Gasteiger partial charge in [-0.3, -0.25) is 0 Å². The van der Waals surface area contributed by atoms with E-state index in [9.17, 15) is 0 Å². The van der Waals surface area contributed by atoms with Crippen LogP contribution >= 0.6 is 12.2 Å². The molecule has 0 saturated heterocycles. The number of aromatic nitrogens is 2. The molecule has 1 aromatic carbocycles. The molecule has 0 spiro atoms. The number of hydrogen-bond donors (Lipinski definition) is 1. The lowest BCUT2D eigenvalue weighted by Gasteiger charge is -2.11. The Morgan fingerprint density at radius 2 is 2.05 bits per heavy atom. The van der Waals surface area contributed by atoms with Crippen molar-refractivity contribution in [2.45, 2.75) is 32.7 Å². The van der Waals surface area contributed by atoms with Crippen LogP contribution in [0.15, 0.2) is 36.7 Å². The van der Waals surface area contributed by atoms with Gasteiger partial charge in [0.15, 0.2) is 0 Å². The van der Waals surface area contributed by atoms with Crippen molar-refractivity contribution in [3.63, 3.8) is 0 Å². The van der Waals surface area contributed by atoms with Gasteiger partial charge in [-0.1, -0.05) is 26.1 Å². The van der Waals surface area contributed by atoms with E-state index < -0.39 is 0 Å². The van der Waals surface area contributed by atoms with Crippen LogP contribution in [0.25, 0.3) is 0 Å². The predicted octanol–water partition coefficient (Wildman–Crippen LogP) is 3.11. The summed E-state index contributed by atoms with van der Waals surface area (Å²) < 4.78 is 7.91. The van der Waals surface area contributed by atoms with Crippen LogP contribution < -0.4 is 10.5 Å². The summed E-state index contributed by atoms with van der Waals surface area (Å²) in [7, 11) is 0. The van der Waals surface area contributed by atoms with Crippen molar-refractivity contribution in [1.29, 1.82) is 0 Å². The number of imidazole rings is 1. The summed E-state index contributed by atoms with van der Waals surface area (Å²) in [6, 6.07) is 7.55. The van der Waals surface area contributed by atoms with Crippen molar-refractivity contribution < 1.29 is 4.74 Å². The summed E-state index contributed by atoms with van der Waals surface area (Å²) in [6.07, 6.45) is 4.81. The van der Waals surface area contributed by atoms with E-state index in [1.54, 1.807) is 0 Å². The molecule has 2 rings (SSSR count). The molecule has 0 amide bonds. The number of rotatable bonds is 7. The SMILES string of the molecule is CC(C)c1nccn1CCCOc1ccc(C(N)=S)cc1. The maximum absolute atomic E-state index is 5.72. The highest BCUT2D eigenvalue weighted by atomic mass is 32.1. The third-order valence-electron chi connectivity index (χ3n) is 3.22. The lowest BCUT2D eigenvalue weighted by molar-refractivity contribution is 0.300. The first-order valence-corrected chi connectivity index (χ1v) is 7.52. The van der Waals surface area contributed by atoms with Crippen LogP contribution in [0.2, 0.25) is 0 Å². The van der Waals surface area contributed by atoms with E-state index >= 15 is 0 Å². The van der Waals surface area contributed by atoms with Crippen LogP contribution in [-0.2, 0) is 6.54 Å². The summed E-state index contributed by atoms with van der Waals surface area (Å²) in [5, 5.41) is 0. The maximum Gasteiger partial charge on any atom is 0.119 e. The molecule has 21 heavy (non-hydrogen) atoms. The van der Waals surface area contributed by atoms with E-state index in [1.165, 1.54) is 0 Å². The Balaban J connectivity index is 1.79. The summed E-state index contributed by atoms with van der Waals surface area (Å²) in [5.41, 5.74) is 6.42. The van der Waals surface area contributed by atoms with Gasteiger partial charge in [-0.15, -0.1) is 0 Å². The average molecular weight is 303 g/mol. The van der Waals surface area contributed by atoms with Gasteiger partial charge < -0.3 is 15.0 Å². The Hall–Kier alpha value is -1.88. The summed E-state index contributed by atoms with van der Waals surface area (Å²) >= 11 is 4.92. The fraction of sp³-hybridized carbons (Fsp3) is 0.375. The van der Waals surface area contributed by atoms with Crippen molar-refractivity contribution >= 4 is 17.2 Å². The molecule has 1 aromatic heterocycles. The van der Waals surface area contributed by atoms with Gasteiger partial charge in [0.2, 0.25) is 0 Å². The molecular formula is C16H21N3OS. The molecule has 0 aliphatic heterocycles. The Morgan fingerprint density at radius 3 is 2.67 bits per heavy atom. The number of hydrogen-bond acceptors (Lipinski definition) is 3. The smallest absolute Gasteiger partial charge is 0.119 e. The number of benzene rings is 1. The molecule has 0 aliphatic rings. The Kier molecular flexibility index (Phi) is 5.33. The maximum atomic E-state index is 5.72. The molecule has 2 aromatic rings. The molecule has 0 radical (unpaired) electrons. The molecule has 0 aliphatic carbocycles. The Bertz CT molecular complexity index is 590. The van der Waals surface area contributed by atoms with Crippen LogP contribution in [0, 0.1) is 0 Å². The largest absolute Gasteiger partial charge is 0.494 e. The normalized spacial score (nSPS) is 10.8. The minimum absolute atomic E-state index is 0.405. The van der Waals surface area contributed by atoms with E-state index in [1.807, 2.05) is 36.7 Å². The third-order valence-corrected chi connectivity index (χ3v) is 3.45. The molecule has 112 valence electrons. The monoisotopic (exact) mass is 303 g/mol. The Morgan fingerprint density at radius 1 is 1.33 bits per heavy atom. The second kappa shape index (κ2) is 7.22. The highest BCUT2D eigenvalue weighted by molar-refractivity contribution is 7.80. The molecule has 2 N–H and O–H groups in total. The summed E-state index contributed by atoms with van der Waals surface area (Å²) in [6.45, 7) is 5.89. The van der Waals surface area contributed by atoms with Crippen molar-refractivity contribution in [2.24, 2.45) is 5.73 Å². The zero-order chi connectivity index (χ0) is 15.2. The fourth-order valence-corrected chi connectivity index (χ4v) is 2.29. The van der Waals surface area contributed by atoms with Gasteiger partial charge in [0.1, 0.15) is 16.6 Å². The number of nitrogens with two attached hydrogens (primary N) is 1. The number of nitrogens with zero attached hydrogens (tertiary/aromatic N) is 2. The zero-order valence-electron chi connectivity index (χ0n) is 12.5. The van der Waals surface area contributed by atoms with E-state index in [4.69, 9.17) is 22.7 Å². The van der Waals surface area contributed by atoms with E-state index in [-0.39, 0.29) is 0 Å². The molecule has 1 heterocycles. The van der Waals surface area contributed by atoms with Gasteiger partial charge in [-0.05, 0) is 30.7 Å². The average Bonchev–Trinajstić information content (AvgIpc) is 2.92. The van der Waals surface area contributed by atoms with Crippen LogP contribution in [0.4, 0.5) is 0 Å². The van der Waals surface area contributed by atoms with E-state index in [2.05, 4.69) is 23.4 Å². The molecular weight excluding hydrogens is 282 g/mol. The first-order valence-electron chi connectivity index (χ1n) is 7.11. The predicted molar refractivity (Wildman–Crippen MR) is 88.8 cm³/mol. The standard InChI is InChI=1S/C16H21N3OS/c1-12(2)16-18-8-10-19(16)9-3-11-20-14-6-4-13(5-7-14)15(17)21/h4-8,10,12H,3,9,11H2,1-2H3,(H2,17,21). The van der Waals surface area contributed by atoms with Crippen molar-refractivity contribution in [3.05, 3.63) is 48.0 Å². The zero-order valence-corrected chi connectivity index (χ0v) is 13.3. The van der Waals surface area contributed by atoms with E-state index in [0.717, 1.165) is 30.1 Å². The van der Waals surface area contributed by atoms with Crippen LogP contribution in [0.3, 0.4) is 0 Å². The molecule has 0 unspecified atom stereocenters. The molecule has 0 bridgehead atoms. The van der Waals surface area contributed by atoms with Crippen molar-refractivity contribution in [2.75, 3.05) is 6.61 Å². The molecule has 0 saturated carbocycles. The molecule has 5 heteroatoms. The van der Waals surface area contributed by atoms with Crippen LogP contribution in [-0.4, -0.2) is 21.1 Å². The minimum Gasteiger partial charge on any atom is -0.494 e. The summed E-state index contributed by atoms with van der Waals surface area (Å²) in [4.78, 5) is 4.78. The van der Waals surface area contributed by atoms with Crippen LogP contribution in [0.5, 0.6) is 5.75 Å². The van der Waals surface area contributed by atoms with Crippen molar-refractivity contribution in [1.82, 2.24) is 9.55 Å². The first-order chi connectivity index (χ1) is 10.1. The number of thiocarbonyl (C=S) groups is 1. The van der Waals surface area contributed by atoms with Gasteiger partial charge in [0, 0.05) is 30.4 Å².